The van der Waals surface area contributed by atoms with E-state index < -0.39 is 0 Å². The summed E-state index contributed by atoms with van der Waals surface area (Å²) in [5.41, 5.74) is 6.72. The molecule has 2 heteroatoms. The Morgan fingerprint density at radius 2 is 2.04 bits per heavy atom. The van der Waals surface area contributed by atoms with E-state index in [0.29, 0.717) is 11.3 Å². The fourth-order valence-corrected chi connectivity index (χ4v) is 5.67. The first-order valence-corrected chi connectivity index (χ1v) is 9.78. The van der Waals surface area contributed by atoms with Crippen LogP contribution in [-0.4, -0.2) is 13.1 Å². The maximum absolute atomic E-state index is 3.53. The normalized spacial score (nSPS) is 23.0. The van der Waals surface area contributed by atoms with Gasteiger partial charge in [0.15, 0.2) is 0 Å². The van der Waals surface area contributed by atoms with Crippen LogP contribution in [0.25, 0.3) is 10.4 Å². The molecule has 2 heterocycles. The van der Waals surface area contributed by atoms with Gasteiger partial charge in [-0.3, -0.25) is 0 Å². The van der Waals surface area contributed by atoms with Crippen LogP contribution >= 0.6 is 11.3 Å². The first kappa shape index (κ1) is 15.4. The van der Waals surface area contributed by atoms with Crippen LogP contribution in [0, 0.1) is 12.3 Å². The van der Waals surface area contributed by atoms with E-state index in [1.807, 2.05) is 0 Å². The number of rotatable bonds is 2. The maximum atomic E-state index is 3.53. The fourth-order valence-electron chi connectivity index (χ4n) is 4.30. The molecular formula is C21H27NS. The largest absolute Gasteiger partial charge is 0.316 e. The molecule has 1 atom stereocenters. The zero-order valence-electron chi connectivity index (χ0n) is 14.5. The van der Waals surface area contributed by atoms with Gasteiger partial charge in [0.05, 0.1) is 0 Å². The number of hydrogen-bond acceptors (Lipinski definition) is 2. The molecule has 1 aromatic carbocycles. The predicted molar refractivity (Wildman–Crippen MR) is 101 cm³/mol. The van der Waals surface area contributed by atoms with Crippen LogP contribution in [-0.2, 0) is 12.8 Å². The van der Waals surface area contributed by atoms with Crippen molar-refractivity contribution in [3.63, 3.8) is 0 Å². The Morgan fingerprint density at radius 3 is 2.83 bits per heavy atom. The molecule has 1 aliphatic carbocycles. The summed E-state index contributed by atoms with van der Waals surface area (Å²) >= 11 is 2.07. The standard InChI is InChI=1S/C21H27NS/c1-14-18-12-21(2,3)10-8-19(18)23-20(14)17-7-5-4-6-16(17)15-9-11-22-13-15/h4-7,15,22H,8-13H2,1-3H3/t15-/m1/s1. The molecule has 0 unspecified atom stereocenters. The number of aryl methyl sites for hydroxylation is 1. The molecule has 1 fully saturated rings. The van der Waals surface area contributed by atoms with Gasteiger partial charge in [-0.15, -0.1) is 11.3 Å². The van der Waals surface area contributed by atoms with Crippen LogP contribution in [0.15, 0.2) is 24.3 Å². The number of hydrogen-bond donors (Lipinski definition) is 1. The van der Waals surface area contributed by atoms with E-state index in [4.69, 9.17) is 0 Å². The Balaban J connectivity index is 1.79. The average molecular weight is 326 g/mol. The molecule has 1 aromatic heterocycles. The van der Waals surface area contributed by atoms with Crippen molar-refractivity contribution in [3.8, 4) is 10.4 Å². The smallest absolute Gasteiger partial charge is 0.0380 e. The summed E-state index contributed by atoms with van der Waals surface area (Å²) in [5.74, 6) is 0.682. The van der Waals surface area contributed by atoms with Crippen molar-refractivity contribution in [2.45, 2.75) is 52.4 Å². The van der Waals surface area contributed by atoms with Crippen LogP contribution in [0.4, 0.5) is 0 Å². The lowest BCUT2D eigenvalue weighted by Crippen LogP contribution is -2.21. The third kappa shape index (κ3) is 2.77. The summed E-state index contributed by atoms with van der Waals surface area (Å²) in [5, 5.41) is 3.53. The second kappa shape index (κ2) is 5.75. The van der Waals surface area contributed by atoms with Crippen LogP contribution in [0.5, 0.6) is 0 Å². The van der Waals surface area contributed by atoms with Gasteiger partial charge in [0.1, 0.15) is 0 Å². The fraction of sp³-hybridized carbons (Fsp3) is 0.524. The minimum atomic E-state index is 0.463. The van der Waals surface area contributed by atoms with Gasteiger partial charge in [-0.25, -0.2) is 0 Å². The highest BCUT2D eigenvalue weighted by Crippen LogP contribution is 2.46. The van der Waals surface area contributed by atoms with E-state index in [9.17, 15) is 0 Å². The molecule has 1 N–H and O–H groups in total. The number of benzene rings is 1. The zero-order valence-corrected chi connectivity index (χ0v) is 15.4. The minimum absolute atomic E-state index is 0.463. The highest BCUT2D eigenvalue weighted by molar-refractivity contribution is 7.16. The second-order valence-corrected chi connectivity index (χ2v) is 9.18. The van der Waals surface area contributed by atoms with E-state index in [2.05, 4.69) is 61.7 Å². The quantitative estimate of drug-likeness (QED) is 0.788. The lowest BCUT2D eigenvalue weighted by atomic mass is 9.76. The molecule has 122 valence electrons. The van der Waals surface area contributed by atoms with Gasteiger partial charge in [0.25, 0.3) is 0 Å². The first-order chi connectivity index (χ1) is 11.1. The third-order valence-electron chi connectivity index (χ3n) is 5.74. The third-order valence-corrected chi connectivity index (χ3v) is 7.17. The first-order valence-electron chi connectivity index (χ1n) is 8.96. The molecule has 0 amide bonds. The van der Waals surface area contributed by atoms with Gasteiger partial charge in [-0.1, -0.05) is 38.1 Å². The highest BCUT2D eigenvalue weighted by Gasteiger charge is 2.30. The summed E-state index contributed by atoms with van der Waals surface area (Å²) in [4.78, 5) is 3.19. The molecule has 0 saturated carbocycles. The van der Waals surface area contributed by atoms with Crippen LogP contribution in [0.1, 0.15) is 54.2 Å². The predicted octanol–water partition coefficient (Wildman–Crippen LogP) is 5.32. The lowest BCUT2D eigenvalue weighted by Gasteiger charge is -2.29. The Kier molecular flexibility index (Phi) is 3.85. The molecule has 0 spiro atoms. The lowest BCUT2D eigenvalue weighted by molar-refractivity contribution is 0.317. The highest BCUT2D eigenvalue weighted by atomic mass is 32.1. The van der Waals surface area contributed by atoms with Gasteiger partial charge in [-0.05, 0) is 72.7 Å². The molecule has 1 saturated heterocycles. The molecule has 0 radical (unpaired) electrons. The molecule has 0 bridgehead atoms. The average Bonchev–Trinajstić information content (AvgIpc) is 3.16. The monoisotopic (exact) mass is 325 g/mol. The van der Waals surface area contributed by atoms with Crippen molar-refractivity contribution in [2.24, 2.45) is 5.41 Å². The van der Waals surface area contributed by atoms with Crippen LogP contribution in [0.3, 0.4) is 0 Å². The van der Waals surface area contributed by atoms with E-state index in [1.165, 1.54) is 36.1 Å². The van der Waals surface area contributed by atoms with Crippen molar-refractivity contribution in [1.82, 2.24) is 5.32 Å². The van der Waals surface area contributed by atoms with E-state index in [1.54, 1.807) is 21.6 Å². The Bertz CT molecular complexity index is 719. The van der Waals surface area contributed by atoms with Gasteiger partial charge in [0, 0.05) is 16.3 Å². The molecule has 2 aliphatic rings. The van der Waals surface area contributed by atoms with E-state index >= 15 is 0 Å². The number of nitrogens with one attached hydrogen (secondary N) is 1. The Hall–Kier alpha value is -1.12. The van der Waals surface area contributed by atoms with Crippen molar-refractivity contribution in [2.75, 3.05) is 13.1 Å². The van der Waals surface area contributed by atoms with Crippen molar-refractivity contribution in [3.05, 3.63) is 45.8 Å². The topological polar surface area (TPSA) is 12.0 Å². The summed E-state index contributed by atoms with van der Waals surface area (Å²) in [6.45, 7) is 9.49. The van der Waals surface area contributed by atoms with Gasteiger partial charge in [-0.2, -0.15) is 0 Å². The van der Waals surface area contributed by atoms with Crippen LogP contribution in [0.2, 0.25) is 0 Å². The van der Waals surface area contributed by atoms with Crippen LogP contribution < -0.4 is 5.32 Å². The van der Waals surface area contributed by atoms with Gasteiger partial charge >= 0.3 is 0 Å². The maximum Gasteiger partial charge on any atom is 0.0380 e. The number of thiophene rings is 1. The number of fused-ring (bicyclic) bond motifs is 1. The summed E-state index contributed by atoms with van der Waals surface area (Å²) in [7, 11) is 0. The molecule has 1 aliphatic heterocycles. The van der Waals surface area contributed by atoms with E-state index in [0.717, 1.165) is 13.1 Å². The zero-order chi connectivity index (χ0) is 16.0. The molecule has 2 aromatic rings. The summed E-state index contributed by atoms with van der Waals surface area (Å²) in [6, 6.07) is 9.13. The van der Waals surface area contributed by atoms with E-state index in [-0.39, 0.29) is 0 Å². The second-order valence-electron chi connectivity index (χ2n) is 8.08. The van der Waals surface area contributed by atoms with Crippen molar-refractivity contribution in [1.29, 1.82) is 0 Å². The van der Waals surface area contributed by atoms with Gasteiger partial charge < -0.3 is 5.32 Å². The molecule has 1 nitrogen and oxygen atoms in total. The van der Waals surface area contributed by atoms with Crippen molar-refractivity contribution >= 4 is 11.3 Å². The molecule has 23 heavy (non-hydrogen) atoms. The summed E-state index contributed by atoms with van der Waals surface area (Å²) in [6.07, 6.45) is 5.11. The Labute approximate surface area is 144 Å². The molecule has 4 rings (SSSR count). The summed E-state index contributed by atoms with van der Waals surface area (Å²) < 4.78 is 0. The minimum Gasteiger partial charge on any atom is -0.316 e. The Morgan fingerprint density at radius 1 is 1.22 bits per heavy atom. The molecular weight excluding hydrogens is 298 g/mol. The van der Waals surface area contributed by atoms with Gasteiger partial charge in [0.2, 0.25) is 0 Å². The SMILES string of the molecule is Cc1c(-c2ccccc2[C@@H]2CCNC2)sc2c1CC(C)(C)CC2. The van der Waals surface area contributed by atoms with Crippen molar-refractivity contribution < 1.29 is 0 Å².